The Labute approximate surface area is 142 Å². The minimum atomic E-state index is -4.13. The van der Waals surface area contributed by atoms with Gasteiger partial charge in [-0.05, 0) is 53.5 Å². The molecular formula is C19H27F3N2. The minimum Gasteiger partial charge on any atom is -0.310 e. The molecule has 134 valence electrons. The van der Waals surface area contributed by atoms with Crippen molar-refractivity contribution in [2.75, 3.05) is 19.6 Å². The summed E-state index contributed by atoms with van der Waals surface area (Å²) in [6.45, 7) is 7.65. The van der Waals surface area contributed by atoms with E-state index in [2.05, 4.69) is 38.2 Å². The van der Waals surface area contributed by atoms with Crippen LogP contribution < -0.4 is 5.32 Å². The Balaban J connectivity index is 1.97. The van der Waals surface area contributed by atoms with Crippen LogP contribution in [-0.2, 0) is 18.4 Å². The highest BCUT2D eigenvalue weighted by Crippen LogP contribution is 2.36. The zero-order chi connectivity index (χ0) is 17.5. The molecule has 0 unspecified atom stereocenters. The topological polar surface area (TPSA) is 15.3 Å². The van der Waals surface area contributed by atoms with E-state index in [9.17, 15) is 13.2 Å². The van der Waals surface area contributed by atoms with Gasteiger partial charge in [-0.15, -0.1) is 0 Å². The van der Waals surface area contributed by atoms with Gasteiger partial charge >= 0.3 is 6.18 Å². The van der Waals surface area contributed by atoms with Gasteiger partial charge < -0.3 is 5.32 Å². The van der Waals surface area contributed by atoms with E-state index in [1.807, 2.05) is 0 Å². The number of halogens is 3. The van der Waals surface area contributed by atoms with Gasteiger partial charge in [0.25, 0.3) is 0 Å². The molecule has 0 amide bonds. The van der Waals surface area contributed by atoms with Crippen LogP contribution >= 0.6 is 0 Å². The highest BCUT2D eigenvalue weighted by Gasteiger charge is 2.34. The number of nitrogens with one attached hydrogen (secondary N) is 1. The van der Waals surface area contributed by atoms with Crippen molar-refractivity contribution in [1.29, 1.82) is 0 Å². The van der Waals surface area contributed by atoms with E-state index in [-0.39, 0.29) is 11.5 Å². The third kappa shape index (κ3) is 3.94. The number of hydrogen-bond donors (Lipinski definition) is 1. The summed E-state index contributed by atoms with van der Waals surface area (Å²) in [4.78, 5) is 1.54. The van der Waals surface area contributed by atoms with Gasteiger partial charge in [0.2, 0.25) is 0 Å². The minimum absolute atomic E-state index is 0.0471. The van der Waals surface area contributed by atoms with Gasteiger partial charge in [0.15, 0.2) is 0 Å². The summed E-state index contributed by atoms with van der Waals surface area (Å²) in [6, 6.07) is 4.74. The van der Waals surface area contributed by atoms with Crippen molar-refractivity contribution in [3.05, 3.63) is 34.4 Å². The van der Waals surface area contributed by atoms with Crippen LogP contribution in [0.1, 0.15) is 61.9 Å². The second-order valence-corrected chi connectivity index (χ2v) is 8.18. The third-order valence-electron chi connectivity index (χ3n) is 5.16. The van der Waals surface area contributed by atoms with Crippen LogP contribution in [0.15, 0.2) is 12.1 Å². The fourth-order valence-corrected chi connectivity index (χ4v) is 3.84. The quantitative estimate of drug-likeness (QED) is 0.862. The van der Waals surface area contributed by atoms with Gasteiger partial charge in [-0.2, -0.15) is 13.2 Å². The molecule has 2 nitrogen and oxygen atoms in total. The number of alkyl halides is 3. The number of hydrogen-bond acceptors (Lipinski definition) is 2. The molecule has 0 saturated carbocycles. The SMILES string of the molecule is CC(C)(C)c1cc2c(c([C@@H]3CCCN3)c1)CN(CC(F)(F)F)CC2. The lowest BCUT2D eigenvalue weighted by Crippen LogP contribution is -2.39. The molecular weight excluding hydrogens is 313 g/mol. The van der Waals surface area contributed by atoms with E-state index in [1.54, 1.807) is 0 Å². The fraction of sp³-hybridized carbons (Fsp3) is 0.684. The fourth-order valence-electron chi connectivity index (χ4n) is 3.84. The van der Waals surface area contributed by atoms with Gasteiger partial charge in [-0.25, -0.2) is 0 Å². The molecule has 0 bridgehead atoms. The average molecular weight is 340 g/mol. The van der Waals surface area contributed by atoms with Gasteiger partial charge in [0, 0.05) is 19.1 Å². The van der Waals surface area contributed by atoms with Crippen molar-refractivity contribution in [3.8, 4) is 0 Å². The zero-order valence-corrected chi connectivity index (χ0v) is 14.8. The van der Waals surface area contributed by atoms with Crippen LogP contribution in [0, 0.1) is 0 Å². The van der Waals surface area contributed by atoms with Gasteiger partial charge in [0.05, 0.1) is 6.54 Å². The van der Waals surface area contributed by atoms with Crippen LogP contribution in [0.2, 0.25) is 0 Å². The highest BCUT2D eigenvalue weighted by molar-refractivity contribution is 5.44. The standard InChI is InChI=1S/C19H27F3N2/c1-18(2,3)14-9-13-6-8-24(12-19(20,21)22)11-16(13)15(10-14)17-5-4-7-23-17/h9-10,17,23H,4-8,11-12H2,1-3H3/t17-/m0/s1. The summed E-state index contributed by atoms with van der Waals surface area (Å²) in [7, 11) is 0. The molecule has 5 heteroatoms. The molecule has 0 spiro atoms. The Morgan fingerprint density at radius 3 is 2.54 bits per heavy atom. The van der Waals surface area contributed by atoms with E-state index in [0.29, 0.717) is 19.5 Å². The second-order valence-electron chi connectivity index (χ2n) is 8.18. The van der Waals surface area contributed by atoms with Gasteiger partial charge in [0.1, 0.15) is 0 Å². The van der Waals surface area contributed by atoms with Gasteiger partial charge in [-0.1, -0.05) is 32.9 Å². The zero-order valence-electron chi connectivity index (χ0n) is 14.8. The molecule has 2 heterocycles. The molecule has 0 aromatic heterocycles. The molecule has 1 N–H and O–H groups in total. The number of benzene rings is 1. The third-order valence-corrected chi connectivity index (χ3v) is 5.16. The Morgan fingerprint density at radius 2 is 1.96 bits per heavy atom. The molecule has 2 aliphatic heterocycles. The molecule has 1 saturated heterocycles. The largest absolute Gasteiger partial charge is 0.401 e. The lowest BCUT2D eigenvalue weighted by atomic mass is 9.80. The van der Waals surface area contributed by atoms with Crippen molar-refractivity contribution in [3.63, 3.8) is 0 Å². The molecule has 0 aliphatic carbocycles. The van der Waals surface area contributed by atoms with E-state index in [4.69, 9.17) is 0 Å². The lowest BCUT2D eigenvalue weighted by Gasteiger charge is -2.34. The second kappa shape index (κ2) is 6.34. The predicted octanol–water partition coefficient (Wildman–Crippen LogP) is 4.33. The summed E-state index contributed by atoms with van der Waals surface area (Å²) >= 11 is 0. The first-order valence-corrected chi connectivity index (χ1v) is 8.82. The maximum absolute atomic E-state index is 12.8. The molecule has 2 aliphatic rings. The normalized spacial score (nSPS) is 22.7. The number of nitrogens with zero attached hydrogens (tertiary/aromatic N) is 1. The molecule has 1 aromatic rings. The van der Waals surface area contributed by atoms with E-state index in [0.717, 1.165) is 24.9 Å². The van der Waals surface area contributed by atoms with Crippen molar-refractivity contribution < 1.29 is 13.2 Å². The summed E-state index contributed by atoms with van der Waals surface area (Å²) in [6.07, 6.45) is -1.23. The lowest BCUT2D eigenvalue weighted by molar-refractivity contribution is -0.147. The maximum Gasteiger partial charge on any atom is 0.401 e. The van der Waals surface area contributed by atoms with E-state index in [1.165, 1.54) is 21.6 Å². The first-order chi connectivity index (χ1) is 11.1. The summed E-state index contributed by atoms with van der Waals surface area (Å²) in [5.41, 5.74) is 4.92. The smallest absolute Gasteiger partial charge is 0.310 e. The van der Waals surface area contributed by atoms with Crippen molar-refractivity contribution >= 4 is 0 Å². The van der Waals surface area contributed by atoms with Crippen molar-refractivity contribution in [1.82, 2.24) is 10.2 Å². The van der Waals surface area contributed by atoms with Crippen LogP contribution in [-0.4, -0.2) is 30.7 Å². The van der Waals surface area contributed by atoms with Crippen molar-refractivity contribution in [2.24, 2.45) is 0 Å². The molecule has 1 fully saturated rings. The Hall–Kier alpha value is -1.07. The number of fused-ring (bicyclic) bond motifs is 1. The maximum atomic E-state index is 12.8. The van der Waals surface area contributed by atoms with Crippen LogP contribution in [0.4, 0.5) is 13.2 Å². The van der Waals surface area contributed by atoms with Crippen LogP contribution in [0.25, 0.3) is 0 Å². The molecule has 3 rings (SSSR count). The summed E-state index contributed by atoms with van der Waals surface area (Å²) in [5, 5.41) is 3.52. The molecule has 1 aromatic carbocycles. The van der Waals surface area contributed by atoms with Gasteiger partial charge in [-0.3, -0.25) is 4.90 Å². The Kier molecular flexibility index (Phi) is 4.69. The average Bonchev–Trinajstić information content (AvgIpc) is 2.97. The Morgan fingerprint density at radius 1 is 1.21 bits per heavy atom. The van der Waals surface area contributed by atoms with E-state index >= 15 is 0 Å². The first kappa shape index (κ1) is 17.7. The van der Waals surface area contributed by atoms with Crippen LogP contribution in [0.3, 0.4) is 0 Å². The highest BCUT2D eigenvalue weighted by atomic mass is 19.4. The molecule has 24 heavy (non-hydrogen) atoms. The number of rotatable bonds is 2. The summed E-state index contributed by atoms with van der Waals surface area (Å²) < 4.78 is 38.4. The van der Waals surface area contributed by atoms with Crippen LogP contribution in [0.5, 0.6) is 0 Å². The monoisotopic (exact) mass is 340 g/mol. The van der Waals surface area contributed by atoms with Crippen molar-refractivity contribution in [2.45, 2.75) is 64.2 Å². The molecule has 0 radical (unpaired) electrons. The molecule has 1 atom stereocenters. The first-order valence-electron chi connectivity index (χ1n) is 8.82. The predicted molar refractivity (Wildman–Crippen MR) is 90.2 cm³/mol. The summed E-state index contributed by atoms with van der Waals surface area (Å²) in [5.74, 6) is 0. The van der Waals surface area contributed by atoms with E-state index < -0.39 is 12.7 Å². The Bertz CT molecular complexity index is 596.